The summed E-state index contributed by atoms with van der Waals surface area (Å²) in [4.78, 5) is 15.6. The number of nitrogens with two attached hydrogens (primary N) is 2. The Balaban J connectivity index is 1.98. The van der Waals surface area contributed by atoms with Gasteiger partial charge in [-0.15, -0.1) is 0 Å². The van der Waals surface area contributed by atoms with E-state index in [1.54, 1.807) is 25.3 Å². The molecule has 0 atom stereocenters. The summed E-state index contributed by atoms with van der Waals surface area (Å²) in [5.74, 6) is 0.562. The average Bonchev–Trinajstić information content (AvgIpc) is 2.59. The monoisotopic (exact) mass is 323 g/mol. The molecule has 0 bridgehead atoms. The third kappa shape index (κ3) is 3.08. The van der Waals surface area contributed by atoms with E-state index in [-0.39, 0.29) is 11.4 Å². The van der Waals surface area contributed by atoms with Gasteiger partial charge in [-0.25, -0.2) is 4.98 Å². The highest BCUT2D eigenvalue weighted by molar-refractivity contribution is 6.01. The molecule has 0 aliphatic carbocycles. The van der Waals surface area contributed by atoms with Crippen molar-refractivity contribution in [3.63, 3.8) is 0 Å². The van der Waals surface area contributed by atoms with Crippen molar-refractivity contribution in [2.45, 2.75) is 6.61 Å². The molecule has 6 heteroatoms. The molecular weight excluding hydrogens is 306 g/mol. The number of nitrogen functional groups attached to an aromatic ring is 1. The van der Waals surface area contributed by atoms with Gasteiger partial charge >= 0.3 is 0 Å². The highest BCUT2D eigenvalue weighted by atomic mass is 16.5. The zero-order valence-corrected chi connectivity index (χ0v) is 13.2. The van der Waals surface area contributed by atoms with Crippen molar-refractivity contribution in [1.29, 1.82) is 0 Å². The Hall–Kier alpha value is -3.28. The summed E-state index contributed by atoms with van der Waals surface area (Å²) in [6.45, 7) is 0.400. The van der Waals surface area contributed by atoms with Crippen LogP contribution in [0.5, 0.6) is 11.5 Å². The minimum Gasteiger partial charge on any atom is -0.493 e. The van der Waals surface area contributed by atoms with Gasteiger partial charge in [0.05, 0.1) is 18.2 Å². The number of methoxy groups -OCH3 is 1. The number of carbonyl (C=O) groups is 1. The van der Waals surface area contributed by atoms with Gasteiger partial charge < -0.3 is 20.9 Å². The Morgan fingerprint density at radius 2 is 1.88 bits per heavy atom. The molecule has 0 saturated carbocycles. The van der Waals surface area contributed by atoms with Crippen LogP contribution in [0, 0.1) is 0 Å². The Morgan fingerprint density at radius 3 is 2.54 bits per heavy atom. The van der Waals surface area contributed by atoms with E-state index in [1.807, 2.05) is 30.3 Å². The van der Waals surface area contributed by atoms with Gasteiger partial charge in [-0.05, 0) is 17.7 Å². The second kappa shape index (κ2) is 6.45. The number of rotatable bonds is 5. The Labute approximate surface area is 139 Å². The summed E-state index contributed by atoms with van der Waals surface area (Å²) in [5.41, 5.74) is 12.9. The molecule has 0 aliphatic heterocycles. The van der Waals surface area contributed by atoms with Gasteiger partial charge in [-0.2, -0.15) is 0 Å². The van der Waals surface area contributed by atoms with Crippen molar-refractivity contribution in [3.05, 3.63) is 59.7 Å². The molecule has 6 nitrogen and oxygen atoms in total. The smallest absolute Gasteiger partial charge is 0.252 e. The Morgan fingerprint density at radius 1 is 1.12 bits per heavy atom. The van der Waals surface area contributed by atoms with E-state index in [4.69, 9.17) is 20.9 Å². The summed E-state index contributed by atoms with van der Waals surface area (Å²) in [6, 6.07) is 14.9. The summed E-state index contributed by atoms with van der Waals surface area (Å²) < 4.78 is 11.2. The van der Waals surface area contributed by atoms with Crippen LogP contribution < -0.4 is 20.9 Å². The fourth-order valence-corrected chi connectivity index (χ4v) is 2.40. The van der Waals surface area contributed by atoms with E-state index < -0.39 is 5.91 Å². The molecule has 0 radical (unpaired) electrons. The number of nitrogens with zero attached hydrogens (tertiary/aromatic N) is 1. The number of fused-ring (bicyclic) bond motifs is 1. The molecule has 1 aromatic heterocycles. The van der Waals surface area contributed by atoms with Crippen LogP contribution in [0.3, 0.4) is 0 Å². The van der Waals surface area contributed by atoms with Crippen LogP contribution in [0.1, 0.15) is 15.9 Å². The van der Waals surface area contributed by atoms with Gasteiger partial charge in [0.2, 0.25) is 0 Å². The maximum Gasteiger partial charge on any atom is 0.252 e. The minimum absolute atomic E-state index is 0.0918. The molecule has 0 fully saturated rings. The van der Waals surface area contributed by atoms with Crippen molar-refractivity contribution >= 4 is 22.6 Å². The van der Waals surface area contributed by atoms with Crippen molar-refractivity contribution < 1.29 is 14.3 Å². The Bertz CT molecular complexity index is 895. The average molecular weight is 323 g/mol. The number of ether oxygens (including phenoxy) is 2. The van der Waals surface area contributed by atoms with Crippen LogP contribution in [0.15, 0.2) is 48.5 Å². The second-order valence-corrected chi connectivity index (χ2v) is 5.26. The topological polar surface area (TPSA) is 100 Å². The van der Waals surface area contributed by atoms with E-state index in [1.165, 1.54) is 0 Å². The van der Waals surface area contributed by atoms with Crippen molar-refractivity contribution in [1.82, 2.24) is 4.98 Å². The first-order chi connectivity index (χ1) is 11.6. The molecule has 2 aromatic carbocycles. The third-order valence-corrected chi connectivity index (χ3v) is 3.63. The number of hydrogen-bond acceptors (Lipinski definition) is 5. The quantitative estimate of drug-likeness (QED) is 0.751. The molecule has 3 aromatic rings. The van der Waals surface area contributed by atoms with Gasteiger partial charge in [-0.3, -0.25) is 4.79 Å². The number of aromatic nitrogens is 1. The van der Waals surface area contributed by atoms with Crippen molar-refractivity contribution in [3.8, 4) is 11.5 Å². The summed E-state index contributed by atoms with van der Waals surface area (Å²) in [5, 5.41) is 0.696. The van der Waals surface area contributed by atoms with Gasteiger partial charge in [0.25, 0.3) is 5.91 Å². The number of anilines is 1. The molecule has 24 heavy (non-hydrogen) atoms. The van der Waals surface area contributed by atoms with Crippen LogP contribution in [-0.4, -0.2) is 18.0 Å². The molecule has 0 saturated heterocycles. The van der Waals surface area contributed by atoms with E-state index in [0.29, 0.717) is 29.0 Å². The van der Waals surface area contributed by atoms with Crippen LogP contribution >= 0.6 is 0 Å². The summed E-state index contributed by atoms with van der Waals surface area (Å²) in [7, 11) is 1.55. The fraction of sp³-hybridized carbons (Fsp3) is 0.111. The van der Waals surface area contributed by atoms with Crippen LogP contribution in [-0.2, 0) is 6.61 Å². The lowest BCUT2D eigenvalue weighted by Gasteiger charge is -2.13. The number of pyridine rings is 1. The normalized spacial score (nSPS) is 10.5. The largest absolute Gasteiger partial charge is 0.493 e. The number of primary amides is 1. The molecule has 3 rings (SSSR count). The van der Waals surface area contributed by atoms with Gasteiger partial charge in [0.15, 0.2) is 11.5 Å². The van der Waals surface area contributed by atoms with Crippen LogP contribution in [0.2, 0.25) is 0 Å². The standard InChI is InChI=1S/C18H17N3O3/c1-23-15-8-12-7-13(18(20)22)17(19)21-14(12)9-16(15)24-10-11-5-3-2-4-6-11/h2-9H,10H2,1H3,(H2,19,21)(H2,20,22). The SMILES string of the molecule is COc1cc2cc(C(N)=O)c(N)nc2cc1OCc1ccccc1. The van der Waals surface area contributed by atoms with Gasteiger partial charge in [-0.1, -0.05) is 30.3 Å². The second-order valence-electron chi connectivity index (χ2n) is 5.26. The lowest BCUT2D eigenvalue weighted by Crippen LogP contribution is -2.14. The maximum atomic E-state index is 11.4. The maximum absolute atomic E-state index is 11.4. The lowest BCUT2D eigenvalue weighted by atomic mass is 10.1. The summed E-state index contributed by atoms with van der Waals surface area (Å²) >= 11 is 0. The predicted octanol–water partition coefficient (Wildman–Crippen LogP) is 2.50. The van der Waals surface area contributed by atoms with Crippen LogP contribution in [0.4, 0.5) is 5.82 Å². The van der Waals surface area contributed by atoms with Gasteiger partial charge in [0.1, 0.15) is 12.4 Å². The number of amides is 1. The molecule has 1 heterocycles. The molecule has 1 amide bonds. The van der Waals surface area contributed by atoms with Crippen molar-refractivity contribution in [2.75, 3.05) is 12.8 Å². The first kappa shape index (κ1) is 15.6. The molecule has 122 valence electrons. The molecular formula is C18H17N3O3. The first-order valence-electron chi connectivity index (χ1n) is 7.33. The number of hydrogen-bond donors (Lipinski definition) is 2. The third-order valence-electron chi connectivity index (χ3n) is 3.63. The first-order valence-corrected chi connectivity index (χ1v) is 7.33. The molecule has 0 aliphatic rings. The van der Waals surface area contributed by atoms with Crippen molar-refractivity contribution in [2.24, 2.45) is 5.73 Å². The Kier molecular flexibility index (Phi) is 4.20. The summed E-state index contributed by atoms with van der Waals surface area (Å²) in [6.07, 6.45) is 0. The van der Waals surface area contributed by atoms with E-state index in [2.05, 4.69) is 4.98 Å². The van der Waals surface area contributed by atoms with Crippen LogP contribution in [0.25, 0.3) is 10.9 Å². The predicted molar refractivity (Wildman–Crippen MR) is 92.0 cm³/mol. The number of benzene rings is 2. The van der Waals surface area contributed by atoms with Gasteiger partial charge in [0, 0.05) is 11.5 Å². The van der Waals surface area contributed by atoms with E-state index in [9.17, 15) is 4.79 Å². The molecule has 4 N–H and O–H groups in total. The van der Waals surface area contributed by atoms with E-state index >= 15 is 0 Å². The number of carbonyl (C=O) groups excluding carboxylic acids is 1. The zero-order chi connectivity index (χ0) is 17.1. The molecule has 0 unspecified atom stereocenters. The fourth-order valence-electron chi connectivity index (χ4n) is 2.40. The minimum atomic E-state index is -0.620. The highest BCUT2D eigenvalue weighted by Crippen LogP contribution is 2.33. The zero-order valence-electron chi connectivity index (χ0n) is 13.2. The lowest BCUT2D eigenvalue weighted by molar-refractivity contribution is 0.100. The van der Waals surface area contributed by atoms with E-state index in [0.717, 1.165) is 5.56 Å². The molecule has 0 spiro atoms. The highest BCUT2D eigenvalue weighted by Gasteiger charge is 2.13.